The van der Waals surface area contributed by atoms with Gasteiger partial charge in [-0.3, -0.25) is 0 Å². The number of pyridine rings is 1. The Morgan fingerprint density at radius 1 is 1.38 bits per heavy atom. The molecule has 1 unspecified atom stereocenters. The van der Waals surface area contributed by atoms with Crippen LogP contribution in [0.15, 0.2) is 22.8 Å². The zero-order valence-electron chi connectivity index (χ0n) is 8.96. The molecule has 2 aromatic rings. The average molecular weight is 280 g/mol. The molecule has 1 fully saturated rings. The Morgan fingerprint density at radius 3 is 3.12 bits per heavy atom. The van der Waals surface area contributed by atoms with Gasteiger partial charge in [-0.2, -0.15) is 0 Å². The molecule has 1 saturated heterocycles. The largest absolute Gasteiger partial charge is 0.343 e. The molecule has 0 spiro atoms. The average Bonchev–Trinajstić information content (AvgIpc) is 2.73. The molecule has 0 bridgehead atoms. The van der Waals surface area contributed by atoms with E-state index in [2.05, 4.69) is 43.3 Å². The Hall–Kier alpha value is -0.870. The Kier molecular flexibility index (Phi) is 2.69. The van der Waals surface area contributed by atoms with Crippen LogP contribution in [0.5, 0.6) is 0 Å². The topological polar surface area (TPSA) is 40.7 Å². The summed E-state index contributed by atoms with van der Waals surface area (Å²) < 4.78 is 1.03. The predicted octanol–water partition coefficient (Wildman–Crippen LogP) is 2.79. The quantitative estimate of drug-likeness (QED) is 0.843. The van der Waals surface area contributed by atoms with Gasteiger partial charge in [-0.1, -0.05) is 0 Å². The lowest BCUT2D eigenvalue weighted by atomic mass is 9.96. The number of halogens is 1. The lowest BCUT2D eigenvalue weighted by molar-refractivity contribution is 0.456. The molecule has 3 rings (SSSR count). The van der Waals surface area contributed by atoms with E-state index >= 15 is 0 Å². The van der Waals surface area contributed by atoms with Crippen molar-refractivity contribution in [2.24, 2.45) is 0 Å². The first-order chi connectivity index (χ1) is 7.83. The minimum absolute atomic E-state index is 0.613. The van der Waals surface area contributed by atoms with Crippen LogP contribution >= 0.6 is 15.9 Å². The second-order valence-corrected chi connectivity index (χ2v) is 5.28. The zero-order chi connectivity index (χ0) is 11.0. The first kappa shape index (κ1) is 10.3. The van der Waals surface area contributed by atoms with Crippen LogP contribution in [0, 0.1) is 0 Å². The molecule has 0 saturated carbocycles. The van der Waals surface area contributed by atoms with E-state index in [4.69, 9.17) is 0 Å². The van der Waals surface area contributed by atoms with Crippen molar-refractivity contribution in [3.63, 3.8) is 0 Å². The monoisotopic (exact) mass is 279 g/mol. The van der Waals surface area contributed by atoms with Crippen LogP contribution in [0.1, 0.15) is 24.5 Å². The van der Waals surface area contributed by atoms with Crippen molar-refractivity contribution in [2.45, 2.75) is 18.8 Å². The first-order valence-corrected chi connectivity index (χ1v) is 6.47. The maximum Gasteiger partial charge on any atom is 0.137 e. The zero-order valence-corrected chi connectivity index (χ0v) is 10.5. The number of piperidine rings is 1. The van der Waals surface area contributed by atoms with E-state index in [-0.39, 0.29) is 0 Å². The second-order valence-electron chi connectivity index (χ2n) is 4.36. The van der Waals surface area contributed by atoms with Gasteiger partial charge in [0.15, 0.2) is 0 Å². The number of nitrogens with zero attached hydrogens (tertiary/aromatic N) is 1. The third kappa shape index (κ3) is 1.87. The minimum Gasteiger partial charge on any atom is -0.343 e. The molecule has 1 aliphatic rings. The van der Waals surface area contributed by atoms with Gasteiger partial charge in [-0.15, -0.1) is 0 Å². The summed E-state index contributed by atoms with van der Waals surface area (Å²) in [4.78, 5) is 7.79. The van der Waals surface area contributed by atoms with Crippen LogP contribution in [0.2, 0.25) is 0 Å². The van der Waals surface area contributed by atoms with Gasteiger partial charge in [0.2, 0.25) is 0 Å². The number of nitrogens with one attached hydrogen (secondary N) is 2. The number of hydrogen-bond donors (Lipinski definition) is 2. The van der Waals surface area contributed by atoms with Gasteiger partial charge in [0.1, 0.15) is 5.65 Å². The molecule has 16 heavy (non-hydrogen) atoms. The van der Waals surface area contributed by atoms with E-state index in [1.54, 1.807) is 0 Å². The van der Waals surface area contributed by atoms with Crippen molar-refractivity contribution in [1.29, 1.82) is 0 Å². The van der Waals surface area contributed by atoms with E-state index in [0.29, 0.717) is 5.92 Å². The maximum atomic E-state index is 4.37. The molecular weight excluding hydrogens is 266 g/mol. The van der Waals surface area contributed by atoms with Crippen molar-refractivity contribution >= 4 is 27.0 Å². The number of aromatic nitrogens is 2. The second kappa shape index (κ2) is 4.18. The molecule has 1 aliphatic heterocycles. The van der Waals surface area contributed by atoms with Crippen LogP contribution in [0.4, 0.5) is 0 Å². The van der Waals surface area contributed by atoms with Crippen LogP contribution in [-0.2, 0) is 0 Å². The highest BCUT2D eigenvalue weighted by molar-refractivity contribution is 9.10. The summed E-state index contributed by atoms with van der Waals surface area (Å²) in [5.41, 5.74) is 2.30. The molecule has 2 aromatic heterocycles. The summed E-state index contributed by atoms with van der Waals surface area (Å²) in [5.74, 6) is 0.613. The summed E-state index contributed by atoms with van der Waals surface area (Å²) in [5, 5.41) is 4.63. The third-order valence-electron chi connectivity index (χ3n) is 3.19. The fourth-order valence-electron chi connectivity index (χ4n) is 2.35. The molecule has 3 heterocycles. The van der Waals surface area contributed by atoms with Crippen molar-refractivity contribution in [3.8, 4) is 0 Å². The summed E-state index contributed by atoms with van der Waals surface area (Å²) >= 11 is 3.45. The number of fused-ring (bicyclic) bond motifs is 1. The van der Waals surface area contributed by atoms with Crippen LogP contribution < -0.4 is 5.32 Å². The molecule has 2 N–H and O–H groups in total. The Bertz CT molecular complexity index is 500. The van der Waals surface area contributed by atoms with Gasteiger partial charge >= 0.3 is 0 Å². The number of rotatable bonds is 1. The molecule has 0 amide bonds. The van der Waals surface area contributed by atoms with E-state index in [9.17, 15) is 0 Å². The number of H-pyrrole nitrogens is 1. The van der Waals surface area contributed by atoms with Gasteiger partial charge in [0.25, 0.3) is 0 Å². The van der Waals surface area contributed by atoms with E-state index in [1.807, 2.05) is 6.20 Å². The molecule has 3 nitrogen and oxygen atoms in total. The van der Waals surface area contributed by atoms with Crippen molar-refractivity contribution in [1.82, 2.24) is 15.3 Å². The molecule has 0 radical (unpaired) electrons. The van der Waals surface area contributed by atoms with Crippen LogP contribution in [0.3, 0.4) is 0 Å². The SMILES string of the molecule is Brc1cnc2[nH]c(C3CCCNC3)cc2c1. The van der Waals surface area contributed by atoms with Gasteiger partial charge in [-0.05, 0) is 47.4 Å². The molecular formula is C12H14BrN3. The highest BCUT2D eigenvalue weighted by Crippen LogP contribution is 2.26. The van der Waals surface area contributed by atoms with Crippen molar-refractivity contribution < 1.29 is 0 Å². The highest BCUT2D eigenvalue weighted by Gasteiger charge is 2.17. The first-order valence-electron chi connectivity index (χ1n) is 5.68. The molecule has 4 heteroatoms. The standard InChI is InChI=1S/C12H14BrN3/c13-10-4-9-5-11(16-12(9)15-7-10)8-2-1-3-14-6-8/h4-5,7-8,14H,1-3,6H2,(H,15,16). The van der Waals surface area contributed by atoms with E-state index < -0.39 is 0 Å². The summed E-state index contributed by atoms with van der Waals surface area (Å²) in [7, 11) is 0. The third-order valence-corrected chi connectivity index (χ3v) is 3.63. The predicted molar refractivity (Wildman–Crippen MR) is 68.6 cm³/mol. The summed E-state index contributed by atoms with van der Waals surface area (Å²) in [6.07, 6.45) is 4.36. The summed E-state index contributed by atoms with van der Waals surface area (Å²) in [6.45, 7) is 2.23. The van der Waals surface area contributed by atoms with E-state index in [0.717, 1.165) is 23.2 Å². The van der Waals surface area contributed by atoms with Gasteiger partial charge in [-0.25, -0.2) is 4.98 Å². The number of hydrogen-bond acceptors (Lipinski definition) is 2. The Labute approximate surface area is 103 Å². The molecule has 84 valence electrons. The Morgan fingerprint density at radius 2 is 2.31 bits per heavy atom. The smallest absolute Gasteiger partial charge is 0.137 e. The molecule has 0 aromatic carbocycles. The molecule has 0 aliphatic carbocycles. The van der Waals surface area contributed by atoms with E-state index in [1.165, 1.54) is 23.9 Å². The fraction of sp³-hybridized carbons (Fsp3) is 0.417. The summed E-state index contributed by atoms with van der Waals surface area (Å²) in [6, 6.07) is 4.34. The highest BCUT2D eigenvalue weighted by atomic mass is 79.9. The van der Waals surface area contributed by atoms with Crippen LogP contribution in [0.25, 0.3) is 11.0 Å². The van der Waals surface area contributed by atoms with Crippen molar-refractivity contribution in [2.75, 3.05) is 13.1 Å². The maximum absolute atomic E-state index is 4.37. The minimum atomic E-state index is 0.613. The fourth-order valence-corrected chi connectivity index (χ4v) is 2.70. The van der Waals surface area contributed by atoms with Gasteiger partial charge in [0.05, 0.1) is 0 Å². The lowest BCUT2D eigenvalue weighted by Gasteiger charge is -2.21. The normalized spacial score (nSPS) is 21.4. The molecule has 1 atom stereocenters. The Balaban J connectivity index is 1.97. The van der Waals surface area contributed by atoms with Gasteiger partial charge in [0, 0.05) is 34.2 Å². The van der Waals surface area contributed by atoms with Crippen molar-refractivity contribution in [3.05, 3.63) is 28.5 Å². The van der Waals surface area contributed by atoms with Gasteiger partial charge < -0.3 is 10.3 Å². The lowest BCUT2D eigenvalue weighted by Crippen LogP contribution is -2.28. The van der Waals surface area contributed by atoms with Crippen LogP contribution in [-0.4, -0.2) is 23.1 Å². The number of aromatic amines is 1.